The molecule has 5 heteroatoms. The summed E-state index contributed by atoms with van der Waals surface area (Å²) >= 11 is 0. The average molecular weight is 270 g/mol. The Bertz CT molecular complexity index is 522. The molecule has 1 fully saturated rings. The third-order valence-corrected chi connectivity index (χ3v) is 3.73. The molecule has 0 aromatic heterocycles. The fraction of sp³-hybridized carbons (Fsp3) is 0.400. The zero-order chi connectivity index (χ0) is 14.4. The van der Waals surface area contributed by atoms with Crippen LogP contribution in [0.3, 0.4) is 0 Å². The van der Waals surface area contributed by atoms with Crippen LogP contribution < -0.4 is 0 Å². The minimum Gasteiger partial charge on any atom is -0.338 e. The fourth-order valence-corrected chi connectivity index (χ4v) is 2.62. The Labute approximate surface area is 118 Å². The van der Waals surface area contributed by atoms with Crippen molar-refractivity contribution in [2.24, 2.45) is 17.0 Å². The lowest BCUT2D eigenvalue weighted by Crippen LogP contribution is -2.30. The van der Waals surface area contributed by atoms with Crippen LogP contribution in [0.5, 0.6) is 0 Å². The molecular formula is C15H18N4O. The van der Waals surface area contributed by atoms with E-state index in [4.69, 9.17) is 5.53 Å². The maximum Gasteiger partial charge on any atom is 0.226 e. The Balaban J connectivity index is 2.01. The standard InChI is InChI=1S/C15H18N4O/c1-2-13(10-17-18-16)14-8-9-19(15(14)20)11-12-6-4-3-5-7-12/h2-7,13-14H,1,8-11H2/t13-,14-/m0/s1. The molecule has 20 heavy (non-hydrogen) atoms. The van der Waals surface area contributed by atoms with E-state index in [2.05, 4.69) is 16.6 Å². The van der Waals surface area contributed by atoms with Crippen molar-refractivity contribution in [3.05, 3.63) is 59.0 Å². The lowest BCUT2D eigenvalue weighted by Gasteiger charge is -2.19. The highest BCUT2D eigenvalue weighted by atomic mass is 16.2. The molecule has 1 aromatic rings. The Kier molecular flexibility index (Phi) is 4.80. The van der Waals surface area contributed by atoms with Gasteiger partial charge in [-0.2, -0.15) is 0 Å². The van der Waals surface area contributed by atoms with Crippen LogP contribution in [0.1, 0.15) is 12.0 Å². The largest absolute Gasteiger partial charge is 0.338 e. The number of carbonyl (C=O) groups excluding carboxylic acids is 1. The first-order valence-electron chi connectivity index (χ1n) is 6.72. The molecule has 0 saturated carbocycles. The zero-order valence-corrected chi connectivity index (χ0v) is 11.4. The molecule has 5 nitrogen and oxygen atoms in total. The summed E-state index contributed by atoms with van der Waals surface area (Å²) in [5, 5.41) is 3.57. The second-order valence-electron chi connectivity index (χ2n) is 4.95. The van der Waals surface area contributed by atoms with Crippen LogP contribution in [-0.4, -0.2) is 23.9 Å². The van der Waals surface area contributed by atoms with Gasteiger partial charge in [0.05, 0.1) is 0 Å². The Hall–Kier alpha value is -2.26. The van der Waals surface area contributed by atoms with E-state index in [1.54, 1.807) is 6.08 Å². The van der Waals surface area contributed by atoms with E-state index in [9.17, 15) is 4.79 Å². The molecular weight excluding hydrogens is 252 g/mol. The first kappa shape index (κ1) is 14.2. The fourth-order valence-electron chi connectivity index (χ4n) is 2.62. The molecule has 0 radical (unpaired) electrons. The predicted molar refractivity (Wildman–Crippen MR) is 77.7 cm³/mol. The Morgan fingerprint density at radius 3 is 2.90 bits per heavy atom. The molecule has 0 aliphatic carbocycles. The van der Waals surface area contributed by atoms with Crippen LogP contribution in [0.15, 0.2) is 48.1 Å². The van der Waals surface area contributed by atoms with Crippen LogP contribution in [0.2, 0.25) is 0 Å². The number of likely N-dealkylation sites (tertiary alicyclic amines) is 1. The second-order valence-corrected chi connectivity index (χ2v) is 4.95. The van der Waals surface area contributed by atoms with Crippen molar-refractivity contribution in [3.8, 4) is 0 Å². The average Bonchev–Trinajstić information content (AvgIpc) is 2.83. The summed E-state index contributed by atoms with van der Waals surface area (Å²) in [5.74, 6) is -0.0484. The minimum atomic E-state index is -0.110. The number of benzene rings is 1. The molecule has 0 spiro atoms. The van der Waals surface area contributed by atoms with Crippen LogP contribution in [0.25, 0.3) is 10.4 Å². The highest BCUT2D eigenvalue weighted by Crippen LogP contribution is 2.28. The molecule has 2 rings (SSSR count). The molecule has 0 bridgehead atoms. The molecule has 1 aliphatic rings. The van der Waals surface area contributed by atoms with Crippen LogP contribution in [-0.2, 0) is 11.3 Å². The van der Waals surface area contributed by atoms with E-state index in [1.165, 1.54) is 0 Å². The number of carbonyl (C=O) groups is 1. The van der Waals surface area contributed by atoms with Gasteiger partial charge >= 0.3 is 0 Å². The van der Waals surface area contributed by atoms with Crippen molar-refractivity contribution in [1.29, 1.82) is 0 Å². The van der Waals surface area contributed by atoms with Gasteiger partial charge in [-0.3, -0.25) is 4.79 Å². The van der Waals surface area contributed by atoms with Gasteiger partial charge in [-0.25, -0.2) is 0 Å². The molecule has 1 amide bonds. The van der Waals surface area contributed by atoms with Gasteiger partial charge in [-0.05, 0) is 23.4 Å². The second kappa shape index (κ2) is 6.78. The lowest BCUT2D eigenvalue weighted by molar-refractivity contribution is -0.132. The van der Waals surface area contributed by atoms with Crippen LogP contribution in [0, 0.1) is 11.8 Å². The van der Waals surface area contributed by atoms with Gasteiger partial charge in [0.15, 0.2) is 0 Å². The summed E-state index contributed by atoms with van der Waals surface area (Å²) < 4.78 is 0. The lowest BCUT2D eigenvalue weighted by atomic mass is 9.91. The normalized spacial score (nSPS) is 19.5. The predicted octanol–water partition coefficient (Wildman–Crippen LogP) is 3.15. The number of nitrogens with zero attached hydrogens (tertiary/aromatic N) is 4. The van der Waals surface area contributed by atoms with Gasteiger partial charge in [0.25, 0.3) is 0 Å². The summed E-state index contributed by atoms with van der Waals surface area (Å²) in [5.41, 5.74) is 9.53. The van der Waals surface area contributed by atoms with Crippen LogP contribution >= 0.6 is 0 Å². The van der Waals surface area contributed by atoms with Gasteiger partial charge < -0.3 is 4.90 Å². The van der Waals surface area contributed by atoms with Crippen molar-refractivity contribution in [1.82, 2.24) is 4.90 Å². The molecule has 0 unspecified atom stereocenters. The number of hydrogen-bond acceptors (Lipinski definition) is 2. The van der Waals surface area contributed by atoms with E-state index in [0.29, 0.717) is 13.1 Å². The van der Waals surface area contributed by atoms with Crippen molar-refractivity contribution in [2.45, 2.75) is 13.0 Å². The van der Waals surface area contributed by atoms with Gasteiger partial charge in [0.2, 0.25) is 5.91 Å². The van der Waals surface area contributed by atoms with Gasteiger partial charge in [-0.15, -0.1) is 6.58 Å². The molecule has 2 atom stereocenters. The maximum atomic E-state index is 12.4. The quantitative estimate of drug-likeness (QED) is 0.339. The maximum absolute atomic E-state index is 12.4. The molecule has 104 valence electrons. The molecule has 1 aromatic carbocycles. The summed E-state index contributed by atoms with van der Waals surface area (Å²) in [6, 6.07) is 9.95. The SMILES string of the molecule is C=C[C@@H](CN=[N+]=[N-])[C@@H]1CCN(Cc2ccccc2)C1=O. The van der Waals surface area contributed by atoms with Crippen LogP contribution in [0.4, 0.5) is 0 Å². The monoisotopic (exact) mass is 270 g/mol. The topological polar surface area (TPSA) is 69.1 Å². The third-order valence-electron chi connectivity index (χ3n) is 3.73. The summed E-state index contributed by atoms with van der Waals surface area (Å²) in [6.45, 7) is 5.44. The Morgan fingerprint density at radius 2 is 2.25 bits per heavy atom. The Morgan fingerprint density at radius 1 is 1.50 bits per heavy atom. The third kappa shape index (κ3) is 3.19. The first-order chi connectivity index (χ1) is 9.76. The highest BCUT2D eigenvalue weighted by Gasteiger charge is 2.35. The van der Waals surface area contributed by atoms with Crippen molar-refractivity contribution in [2.75, 3.05) is 13.1 Å². The molecule has 0 N–H and O–H groups in total. The summed E-state index contributed by atoms with van der Waals surface area (Å²) in [4.78, 5) is 17.0. The number of azide groups is 1. The van der Waals surface area contributed by atoms with E-state index in [-0.39, 0.29) is 17.7 Å². The van der Waals surface area contributed by atoms with Crippen molar-refractivity contribution < 1.29 is 4.79 Å². The summed E-state index contributed by atoms with van der Waals surface area (Å²) in [7, 11) is 0. The smallest absolute Gasteiger partial charge is 0.226 e. The van der Waals surface area contributed by atoms with Gasteiger partial charge in [-0.1, -0.05) is 41.5 Å². The zero-order valence-electron chi connectivity index (χ0n) is 11.4. The van der Waals surface area contributed by atoms with Gasteiger partial charge in [0.1, 0.15) is 0 Å². The number of hydrogen-bond donors (Lipinski definition) is 0. The number of amides is 1. The number of rotatable bonds is 6. The highest BCUT2D eigenvalue weighted by molar-refractivity contribution is 5.81. The van der Waals surface area contributed by atoms with E-state index in [1.807, 2.05) is 35.2 Å². The molecule has 1 saturated heterocycles. The van der Waals surface area contributed by atoms with Crippen molar-refractivity contribution >= 4 is 5.91 Å². The minimum absolute atomic E-state index is 0.0702. The summed E-state index contributed by atoms with van der Waals surface area (Å²) in [6.07, 6.45) is 2.52. The van der Waals surface area contributed by atoms with E-state index in [0.717, 1.165) is 18.5 Å². The van der Waals surface area contributed by atoms with E-state index < -0.39 is 0 Å². The molecule has 1 heterocycles. The first-order valence-corrected chi connectivity index (χ1v) is 6.72. The van der Waals surface area contributed by atoms with Crippen molar-refractivity contribution in [3.63, 3.8) is 0 Å². The van der Waals surface area contributed by atoms with Gasteiger partial charge in [0, 0.05) is 30.5 Å². The molecule has 1 aliphatic heterocycles. The van der Waals surface area contributed by atoms with E-state index >= 15 is 0 Å².